The van der Waals surface area contributed by atoms with E-state index in [0.29, 0.717) is 21.6 Å². The van der Waals surface area contributed by atoms with Crippen molar-refractivity contribution in [3.63, 3.8) is 0 Å². The summed E-state index contributed by atoms with van der Waals surface area (Å²) in [5.41, 5.74) is 6.19. The van der Waals surface area contributed by atoms with Crippen LogP contribution >= 0.6 is 11.3 Å². The van der Waals surface area contributed by atoms with Gasteiger partial charge in [0.15, 0.2) is 0 Å². The van der Waals surface area contributed by atoms with Crippen molar-refractivity contribution in [1.82, 2.24) is 9.55 Å². The van der Waals surface area contributed by atoms with E-state index in [0.717, 1.165) is 15.9 Å². The summed E-state index contributed by atoms with van der Waals surface area (Å²) in [6.07, 6.45) is 1.03. The highest BCUT2D eigenvalue weighted by molar-refractivity contribution is 7.20. The number of nitrogens with two attached hydrogens (primary N) is 1. The van der Waals surface area contributed by atoms with Gasteiger partial charge in [0.1, 0.15) is 11.4 Å². The smallest absolute Gasteiger partial charge is 0.338 e. The largest absolute Gasteiger partial charge is 0.459 e. The first-order valence-corrected chi connectivity index (χ1v) is 9.88. The van der Waals surface area contributed by atoms with Crippen LogP contribution in [-0.2, 0) is 16.1 Å². The molecular formula is C20H20N4O5S. The molecule has 0 unspecified atom stereocenters. The Kier molecular flexibility index (Phi) is 5.97. The number of carbonyl (C=O) groups is 3. The van der Waals surface area contributed by atoms with E-state index in [9.17, 15) is 19.2 Å². The number of hydrogen-bond acceptors (Lipinski definition) is 7. The summed E-state index contributed by atoms with van der Waals surface area (Å²) in [5, 5.41) is 2.94. The van der Waals surface area contributed by atoms with Crippen molar-refractivity contribution < 1.29 is 19.1 Å². The summed E-state index contributed by atoms with van der Waals surface area (Å²) in [6, 6.07) is 6.22. The van der Waals surface area contributed by atoms with Crippen LogP contribution in [0.15, 0.2) is 35.4 Å². The van der Waals surface area contributed by atoms with Crippen molar-refractivity contribution in [2.45, 2.75) is 33.4 Å². The predicted molar refractivity (Wildman–Crippen MR) is 113 cm³/mol. The van der Waals surface area contributed by atoms with Gasteiger partial charge in [-0.1, -0.05) is 0 Å². The first-order valence-electron chi connectivity index (χ1n) is 9.06. The zero-order valence-electron chi connectivity index (χ0n) is 16.6. The van der Waals surface area contributed by atoms with E-state index in [2.05, 4.69) is 10.3 Å². The molecule has 2 amide bonds. The van der Waals surface area contributed by atoms with E-state index in [1.165, 1.54) is 6.33 Å². The van der Waals surface area contributed by atoms with E-state index in [1.807, 2.05) is 0 Å². The van der Waals surface area contributed by atoms with Gasteiger partial charge in [-0.25, -0.2) is 9.78 Å². The highest BCUT2D eigenvalue weighted by atomic mass is 32.1. The molecule has 0 spiro atoms. The number of fused-ring (bicyclic) bond motifs is 1. The van der Waals surface area contributed by atoms with Crippen LogP contribution in [0, 0.1) is 6.92 Å². The Morgan fingerprint density at radius 2 is 1.90 bits per heavy atom. The SMILES string of the molecule is Cc1c(C(N)=O)sc2ncn(CC(=O)Nc3ccc(C(=O)OC(C)C)cc3)c(=O)c12. The molecule has 0 saturated carbocycles. The zero-order valence-corrected chi connectivity index (χ0v) is 17.4. The summed E-state index contributed by atoms with van der Waals surface area (Å²) in [6.45, 7) is 4.87. The average Bonchev–Trinajstić information content (AvgIpc) is 3.01. The van der Waals surface area contributed by atoms with E-state index in [-0.39, 0.29) is 22.9 Å². The lowest BCUT2D eigenvalue weighted by molar-refractivity contribution is -0.116. The van der Waals surface area contributed by atoms with Gasteiger partial charge in [0, 0.05) is 5.69 Å². The Labute approximate surface area is 175 Å². The molecule has 0 saturated heterocycles. The van der Waals surface area contributed by atoms with E-state index in [4.69, 9.17) is 10.5 Å². The molecule has 9 nitrogen and oxygen atoms in total. The number of amides is 2. The van der Waals surface area contributed by atoms with Gasteiger partial charge in [-0.15, -0.1) is 11.3 Å². The number of nitrogens with zero attached hydrogens (tertiary/aromatic N) is 2. The quantitative estimate of drug-likeness (QED) is 0.578. The topological polar surface area (TPSA) is 133 Å². The second-order valence-electron chi connectivity index (χ2n) is 6.86. The molecule has 2 aromatic heterocycles. The Hall–Kier alpha value is -3.53. The molecule has 30 heavy (non-hydrogen) atoms. The molecule has 2 heterocycles. The second-order valence-corrected chi connectivity index (χ2v) is 7.86. The maximum absolute atomic E-state index is 12.7. The molecule has 0 fully saturated rings. The summed E-state index contributed by atoms with van der Waals surface area (Å²) < 4.78 is 6.27. The minimum atomic E-state index is -0.625. The van der Waals surface area contributed by atoms with Gasteiger partial charge in [-0.05, 0) is 50.6 Å². The molecule has 0 aliphatic rings. The molecule has 0 radical (unpaired) electrons. The first-order chi connectivity index (χ1) is 14.2. The summed E-state index contributed by atoms with van der Waals surface area (Å²) in [5.74, 6) is -1.52. The van der Waals surface area contributed by atoms with Crippen LogP contribution in [0.5, 0.6) is 0 Å². The minimum absolute atomic E-state index is 0.230. The van der Waals surface area contributed by atoms with Gasteiger partial charge in [-0.3, -0.25) is 19.0 Å². The highest BCUT2D eigenvalue weighted by Crippen LogP contribution is 2.26. The van der Waals surface area contributed by atoms with Crippen molar-refractivity contribution in [3.05, 3.63) is 57.0 Å². The highest BCUT2D eigenvalue weighted by Gasteiger charge is 2.18. The first kappa shape index (κ1) is 21.2. The number of esters is 1. The lowest BCUT2D eigenvalue weighted by atomic mass is 10.2. The molecule has 0 aliphatic heterocycles. The zero-order chi connectivity index (χ0) is 22.0. The van der Waals surface area contributed by atoms with E-state index < -0.39 is 23.3 Å². The monoisotopic (exact) mass is 428 g/mol. The summed E-state index contributed by atoms with van der Waals surface area (Å²) in [4.78, 5) is 53.3. The fourth-order valence-corrected chi connectivity index (χ4v) is 3.83. The standard InChI is InChI=1S/C20H20N4O5S/c1-10(2)29-20(28)12-4-6-13(7-5-12)23-14(25)8-24-9-22-18-15(19(24)27)11(3)16(30-18)17(21)26/h4-7,9-10H,8H2,1-3H3,(H2,21,26)(H,23,25). The van der Waals surface area contributed by atoms with Gasteiger partial charge < -0.3 is 15.8 Å². The van der Waals surface area contributed by atoms with Gasteiger partial charge in [0.2, 0.25) is 5.91 Å². The number of carbonyl (C=O) groups excluding carboxylic acids is 3. The molecule has 3 rings (SSSR count). The van der Waals surface area contributed by atoms with Crippen molar-refractivity contribution in [1.29, 1.82) is 0 Å². The Morgan fingerprint density at radius 1 is 1.23 bits per heavy atom. The summed E-state index contributed by atoms with van der Waals surface area (Å²) >= 11 is 1.05. The molecule has 0 aliphatic carbocycles. The fraction of sp³-hybridized carbons (Fsp3) is 0.250. The van der Waals surface area contributed by atoms with Crippen LogP contribution in [0.4, 0.5) is 5.69 Å². The molecule has 10 heteroatoms. The molecule has 0 bridgehead atoms. The van der Waals surface area contributed by atoms with Crippen molar-refractivity contribution >= 4 is 45.0 Å². The number of primary amides is 1. The normalized spacial score (nSPS) is 10.9. The number of hydrogen-bond donors (Lipinski definition) is 2. The number of aryl methyl sites for hydroxylation is 1. The van der Waals surface area contributed by atoms with Crippen molar-refractivity contribution in [2.75, 3.05) is 5.32 Å². The Morgan fingerprint density at radius 3 is 2.50 bits per heavy atom. The lowest BCUT2D eigenvalue weighted by Crippen LogP contribution is -2.28. The maximum Gasteiger partial charge on any atom is 0.338 e. The number of rotatable bonds is 6. The van der Waals surface area contributed by atoms with Crippen LogP contribution < -0.4 is 16.6 Å². The molecule has 3 N–H and O–H groups in total. The molecule has 3 aromatic rings. The van der Waals surface area contributed by atoms with Gasteiger partial charge in [-0.2, -0.15) is 0 Å². The predicted octanol–water partition coefficient (Wildman–Crippen LogP) is 2.07. The van der Waals surface area contributed by atoms with Crippen molar-refractivity contribution in [3.8, 4) is 0 Å². The fourth-order valence-electron chi connectivity index (χ4n) is 2.83. The molecule has 156 valence electrons. The van der Waals surface area contributed by atoms with Crippen molar-refractivity contribution in [2.24, 2.45) is 5.73 Å². The number of ether oxygens (including phenoxy) is 1. The third kappa shape index (κ3) is 4.38. The second kappa shape index (κ2) is 8.46. The van der Waals surface area contributed by atoms with E-state index in [1.54, 1.807) is 45.0 Å². The average molecular weight is 428 g/mol. The third-order valence-corrected chi connectivity index (χ3v) is 5.42. The van der Waals surface area contributed by atoms with Crippen LogP contribution in [0.25, 0.3) is 10.2 Å². The molecule has 0 atom stereocenters. The maximum atomic E-state index is 12.7. The number of aromatic nitrogens is 2. The third-order valence-electron chi connectivity index (χ3n) is 4.20. The molecule has 1 aromatic carbocycles. The van der Waals surface area contributed by atoms with Gasteiger partial charge >= 0.3 is 5.97 Å². The van der Waals surface area contributed by atoms with E-state index >= 15 is 0 Å². The van der Waals surface area contributed by atoms with Crippen LogP contribution in [-0.4, -0.2) is 33.4 Å². The number of nitrogens with one attached hydrogen (secondary N) is 1. The Bertz CT molecular complexity index is 1190. The van der Waals surface area contributed by atoms with Crippen LogP contribution in [0.2, 0.25) is 0 Å². The van der Waals surface area contributed by atoms with Gasteiger partial charge in [0.25, 0.3) is 11.5 Å². The number of thiophene rings is 1. The van der Waals surface area contributed by atoms with Crippen LogP contribution in [0.1, 0.15) is 39.4 Å². The summed E-state index contributed by atoms with van der Waals surface area (Å²) in [7, 11) is 0. The Balaban J connectivity index is 1.75. The number of benzene rings is 1. The number of anilines is 1. The minimum Gasteiger partial charge on any atom is -0.459 e. The lowest BCUT2D eigenvalue weighted by Gasteiger charge is -2.09. The van der Waals surface area contributed by atoms with Crippen LogP contribution in [0.3, 0.4) is 0 Å². The van der Waals surface area contributed by atoms with Gasteiger partial charge in [0.05, 0.1) is 28.3 Å². The molecular weight excluding hydrogens is 408 g/mol.